The van der Waals surface area contributed by atoms with E-state index in [-0.39, 0.29) is 17.0 Å². The zero-order chi connectivity index (χ0) is 19.5. The summed E-state index contributed by atoms with van der Waals surface area (Å²) >= 11 is 0. The van der Waals surface area contributed by atoms with Crippen LogP contribution in [0.4, 0.5) is 18.9 Å². The monoisotopic (exact) mass is 388 g/mol. The summed E-state index contributed by atoms with van der Waals surface area (Å²) in [5, 5.41) is 2.33. The molecule has 0 saturated heterocycles. The first-order valence-electron chi connectivity index (χ1n) is 7.19. The molecule has 2 aromatic carbocycles. The topological polar surface area (TPSA) is 75.7 Å². The number of benzene rings is 2. The van der Waals surface area contributed by atoms with Crippen molar-refractivity contribution in [3.8, 4) is 5.75 Å². The van der Waals surface area contributed by atoms with Crippen molar-refractivity contribution in [2.75, 3.05) is 19.4 Å². The molecule has 1 amide bonds. The molecule has 0 unspecified atom stereocenters. The van der Waals surface area contributed by atoms with E-state index in [1.165, 1.54) is 50.5 Å². The Morgan fingerprint density at radius 3 is 2.35 bits per heavy atom. The predicted octanol–water partition coefficient (Wildman–Crippen LogP) is 3.14. The molecule has 2 aromatic rings. The molecule has 0 bridgehead atoms. The molecular formula is C16H15F3N2O4S. The Morgan fingerprint density at radius 1 is 1.08 bits per heavy atom. The Morgan fingerprint density at radius 2 is 1.73 bits per heavy atom. The molecular weight excluding hydrogens is 373 g/mol. The third-order valence-corrected chi connectivity index (χ3v) is 4.49. The molecule has 0 aliphatic heterocycles. The first kappa shape index (κ1) is 19.7. The number of carbonyl (C=O) groups is 1. The van der Waals surface area contributed by atoms with Gasteiger partial charge in [-0.25, -0.2) is 0 Å². The zero-order valence-corrected chi connectivity index (χ0v) is 14.6. The first-order valence-corrected chi connectivity index (χ1v) is 8.56. The van der Waals surface area contributed by atoms with Gasteiger partial charge < -0.3 is 9.50 Å². The lowest BCUT2D eigenvalue weighted by Gasteiger charge is -2.13. The van der Waals surface area contributed by atoms with E-state index < -0.39 is 28.0 Å². The van der Waals surface area contributed by atoms with Crippen LogP contribution in [-0.4, -0.2) is 32.7 Å². The number of rotatable bonds is 5. The second-order valence-corrected chi connectivity index (χ2v) is 7.14. The average molecular weight is 388 g/mol. The maximum Gasteiger partial charge on any atom is 0.416 e. The van der Waals surface area contributed by atoms with Crippen LogP contribution in [0.25, 0.3) is 0 Å². The Labute approximate surface area is 148 Å². The Hall–Kier alpha value is -2.59. The molecule has 10 heteroatoms. The van der Waals surface area contributed by atoms with Crippen molar-refractivity contribution in [1.29, 1.82) is 0 Å². The van der Waals surface area contributed by atoms with E-state index in [2.05, 4.69) is 5.32 Å². The molecule has 6 nitrogen and oxygen atoms in total. The molecule has 0 saturated carbocycles. The largest absolute Gasteiger partial charge is 0.416 e. The van der Waals surface area contributed by atoms with Crippen LogP contribution in [0.15, 0.2) is 48.5 Å². The SMILES string of the molecule is CN(C)S(=O)(=O)Oc1cccc(C(=O)Nc2cccc(C(F)(F)F)c2)c1. The van der Waals surface area contributed by atoms with Gasteiger partial charge in [0.2, 0.25) is 0 Å². The Balaban J connectivity index is 2.20. The van der Waals surface area contributed by atoms with Gasteiger partial charge in [0.25, 0.3) is 5.91 Å². The first-order chi connectivity index (χ1) is 12.0. The number of hydrogen-bond acceptors (Lipinski definition) is 4. The highest BCUT2D eigenvalue weighted by Gasteiger charge is 2.30. The van der Waals surface area contributed by atoms with Gasteiger partial charge >= 0.3 is 16.5 Å². The molecule has 0 radical (unpaired) electrons. The van der Waals surface area contributed by atoms with Crippen LogP contribution in [0.2, 0.25) is 0 Å². The van der Waals surface area contributed by atoms with E-state index in [1.807, 2.05) is 0 Å². The Bertz CT molecular complexity index is 912. The molecule has 140 valence electrons. The Kier molecular flexibility index (Phi) is 5.57. The second kappa shape index (κ2) is 7.34. The summed E-state index contributed by atoms with van der Waals surface area (Å²) in [5.74, 6) is -0.813. The number of amides is 1. The van der Waals surface area contributed by atoms with Gasteiger partial charge in [0.05, 0.1) is 5.56 Å². The second-order valence-electron chi connectivity index (χ2n) is 5.38. The molecule has 0 fully saturated rings. The molecule has 26 heavy (non-hydrogen) atoms. The van der Waals surface area contributed by atoms with Crippen molar-refractivity contribution < 1.29 is 30.6 Å². The quantitative estimate of drug-likeness (QED) is 0.854. The van der Waals surface area contributed by atoms with Crippen molar-refractivity contribution >= 4 is 21.9 Å². The van der Waals surface area contributed by atoms with E-state index in [1.54, 1.807) is 0 Å². The standard InChI is InChI=1S/C16H15F3N2O4S/c1-21(2)26(23,24)25-14-8-3-5-11(9-14)15(22)20-13-7-4-6-12(10-13)16(17,18)19/h3-10H,1-2H3,(H,20,22). The third-order valence-electron chi connectivity index (χ3n) is 3.19. The van der Waals surface area contributed by atoms with Crippen LogP contribution < -0.4 is 9.50 Å². The highest BCUT2D eigenvalue weighted by atomic mass is 32.2. The fourth-order valence-corrected chi connectivity index (χ4v) is 2.36. The van der Waals surface area contributed by atoms with Crippen LogP contribution >= 0.6 is 0 Å². The van der Waals surface area contributed by atoms with E-state index in [0.717, 1.165) is 16.4 Å². The van der Waals surface area contributed by atoms with Crippen molar-refractivity contribution in [1.82, 2.24) is 4.31 Å². The van der Waals surface area contributed by atoms with Crippen LogP contribution in [0.3, 0.4) is 0 Å². The molecule has 0 aliphatic carbocycles. The molecule has 0 atom stereocenters. The number of carbonyl (C=O) groups excluding carboxylic acids is 1. The summed E-state index contributed by atoms with van der Waals surface area (Å²) in [6, 6.07) is 9.43. The minimum atomic E-state index is -4.53. The third kappa shape index (κ3) is 4.96. The highest BCUT2D eigenvalue weighted by molar-refractivity contribution is 7.84. The smallest absolute Gasteiger partial charge is 0.371 e. The summed E-state index contributed by atoms with van der Waals surface area (Å²) in [7, 11) is -1.44. The van der Waals surface area contributed by atoms with E-state index >= 15 is 0 Å². The number of alkyl halides is 3. The maximum atomic E-state index is 12.7. The van der Waals surface area contributed by atoms with Crippen molar-refractivity contribution in [2.24, 2.45) is 0 Å². The summed E-state index contributed by atoms with van der Waals surface area (Å²) in [5.41, 5.74) is -0.921. The average Bonchev–Trinajstić information content (AvgIpc) is 2.54. The summed E-state index contributed by atoms with van der Waals surface area (Å²) in [4.78, 5) is 12.2. The van der Waals surface area contributed by atoms with Gasteiger partial charge in [-0.2, -0.15) is 25.9 Å². The van der Waals surface area contributed by atoms with Crippen LogP contribution in [0.1, 0.15) is 15.9 Å². The summed E-state index contributed by atoms with van der Waals surface area (Å²) < 4.78 is 67.2. The number of nitrogens with one attached hydrogen (secondary N) is 1. The lowest BCUT2D eigenvalue weighted by Crippen LogP contribution is -2.27. The van der Waals surface area contributed by atoms with Gasteiger partial charge in [0.1, 0.15) is 5.75 Å². The van der Waals surface area contributed by atoms with Crippen molar-refractivity contribution in [3.05, 3.63) is 59.7 Å². The van der Waals surface area contributed by atoms with E-state index in [0.29, 0.717) is 0 Å². The van der Waals surface area contributed by atoms with Gasteiger partial charge in [0, 0.05) is 25.3 Å². The summed E-state index contributed by atoms with van der Waals surface area (Å²) in [6.45, 7) is 0. The lowest BCUT2D eigenvalue weighted by atomic mass is 10.1. The van der Waals surface area contributed by atoms with E-state index in [4.69, 9.17) is 4.18 Å². The fraction of sp³-hybridized carbons (Fsp3) is 0.188. The molecule has 1 N–H and O–H groups in total. The van der Waals surface area contributed by atoms with Crippen molar-refractivity contribution in [2.45, 2.75) is 6.18 Å². The number of hydrogen-bond donors (Lipinski definition) is 1. The van der Waals surface area contributed by atoms with Crippen molar-refractivity contribution in [3.63, 3.8) is 0 Å². The van der Waals surface area contributed by atoms with Gasteiger partial charge in [-0.3, -0.25) is 4.79 Å². The van der Waals surface area contributed by atoms with E-state index in [9.17, 15) is 26.4 Å². The predicted molar refractivity (Wildman–Crippen MR) is 89.1 cm³/mol. The fourth-order valence-electron chi connectivity index (χ4n) is 1.86. The molecule has 0 aromatic heterocycles. The summed E-state index contributed by atoms with van der Waals surface area (Å²) in [6.07, 6.45) is -4.53. The normalized spacial score (nSPS) is 12.1. The number of nitrogens with zero attached hydrogens (tertiary/aromatic N) is 1. The highest BCUT2D eigenvalue weighted by Crippen LogP contribution is 2.30. The maximum absolute atomic E-state index is 12.7. The number of anilines is 1. The minimum Gasteiger partial charge on any atom is -0.371 e. The van der Waals surface area contributed by atoms with Gasteiger partial charge in [-0.1, -0.05) is 12.1 Å². The number of halogens is 3. The minimum absolute atomic E-state index is 0.0221. The molecule has 2 rings (SSSR count). The van der Waals surface area contributed by atoms with Crippen LogP contribution in [0.5, 0.6) is 5.75 Å². The van der Waals surface area contributed by atoms with Gasteiger partial charge in [-0.05, 0) is 36.4 Å². The zero-order valence-electron chi connectivity index (χ0n) is 13.7. The molecule has 0 aliphatic rings. The van der Waals surface area contributed by atoms with Crippen LogP contribution in [-0.2, 0) is 16.5 Å². The lowest BCUT2D eigenvalue weighted by molar-refractivity contribution is -0.137. The van der Waals surface area contributed by atoms with Crippen LogP contribution in [0, 0.1) is 0 Å². The van der Waals surface area contributed by atoms with Gasteiger partial charge in [0.15, 0.2) is 0 Å². The molecule has 0 heterocycles. The van der Waals surface area contributed by atoms with Gasteiger partial charge in [-0.15, -0.1) is 0 Å². The molecule has 0 spiro atoms.